The van der Waals surface area contributed by atoms with E-state index in [4.69, 9.17) is 10.5 Å². The highest BCUT2D eigenvalue weighted by molar-refractivity contribution is 6.02. The topological polar surface area (TPSA) is 89.7 Å². The summed E-state index contributed by atoms with van der Waals surface area (Å²) in [6, 6.07) is 10.6. The van der Waals surface area contributed by atoms with Crippen molar-refractivity contribution < 1.29 is 13.5 Å². The fourth-order valence-corrected chi connectivity index (χ4v) is 2.91. The van der Waals surface area contributed by atoms with E-state index in [1.54, 1.807) is 30.6 Å². The first-order valence-electron chi connectivity index (χ1n) is 8.18. The highest BCUT2D eigenvalue weighted by Crippen LogP contribution is 2.39. The number of alkyl halides is 2. The van der Waals surface area contributed by atoms with Crippen LogP contribution in [0.2, 0.25) is 0 Å². The van der Waals surface area contributed by atoms with E-state index in [1.807, 2.05) is 18.2 Å². The summed E-state index contributed by atoms with van der Waals surface area (Å²) in [5, 5.41) is 0. The Kier molecular flexibility index (Phi) is 4.37. The maximum atomic E-state index is 12.6. The summed E-state index contributed by atoms with van der Waals surface area (Å²) in [7, 11) is 0. The van der Waals surface area contributed by atoms with Gasteiger partial charge in [-0.05, 0) is 24.3 Å². The minimum atomic E-state index is -2.57. The van der Waals surface area contributed by atoms with E-state index < -0.39 is 13.0 Å². The molecule has 4 aromatic rings. The van der Waals surface area contributed by atoms with Crippen molar-refractivity contribution in [3.05, 3.63) is 55.0 Å². The molecule has 0 saturated heterocycles. The van der Waals surface area contributed by atoms with Crippen LogP contribution in [0.5, 0.6) is 5.75 Å². The zero-order valence-electron chi connectivity index (χ0n) is 14.1. The second kappa shape index (κ2) is 6.99. The van der Waals surface area contributed by atoms with E-state index in [0.29, 0.717) is 34.0 Å². The van der Waals surface area contributed by atoms with Gasteiger partial charge in [0.1, 0.15) is 29.2 Å². The van der Waals surface area contributed by atoms with Gasteiger partial charge in [0.2, 0.25) is 0 Å². The Balaban J connectivity index is 1.97. The van der Waals surface area contributed by atoms with Crippen molar-refractivity contribution in [2.24, 2.45) is 0 Å². The molecular weight excluding hydrogens is 352 g/mol. The molecule has 0 radical (unpaired) electrons. The Morgan fingerprint density at radius 3 is 2.63 bits per heavy atom. The molecule has 0 bridgehead atoms. The Morgan fingerprint density at radius 2 is 1.89 bits per heavy atom. The number of hydrogen-bond donors (Lipinski definition) is 2. The molecule has 27 heavy (non-hydrogen) atoms. The minimum absolute atomic E-state index is 0.297. The molecule has 0 unspecified atom stereocenters. The van der Waals surface area contributed by atoms with Crippen molar-refractivity contribution >= 4 is 16.9 Å². The van der Waals surface area contributed by atoms with Gasteiger partial charge in [-0.15, -0.1) is 0 Å². The van der Waals surface area contributed by atoms with Crippen LogP contribution < -0.4 is 10.5 Å². The standard InChI is InChI=1S/C19H15F2N5O/c20-14(21)10-27-13-5-8-25-19-16(12-3-1-2-6-23-12)17(26-18(13)19)11-4-7-24-15(22)9-11/h1-9,14,26H,10H2,(H2,22,24). The molecule has 136 valence electrons. The quantitative estimate of drug-likeness (QED) is 0.558. The zero-order chi connectivity index (χ0) is 18.8. The van der Waals surface area contributed by atoms with Gasteiger partial charge >= 0.3 is 0 Å². The molecule has 0 aromatic carbocycles. The monoisotopic (exact) mass is 367 g/mol. The van der Waals surface area contributed by atoms with Crippen LogP contribution in [0, 0.1) is 0 Å². The molecule has 0 atom stereocenters. The first kappa shape index (κ1) is 16.9. The smallest absolute Gasteiger partial charge is 0.272 e. The molecule has 0 aliphatic heterocycles. The van der Waals surface area contributed by atoms with Crippen molar-refractivity contribution in [3.8, 4) is 28.3 Å². The fraction of sp³-hybridized carbons (Fsp3) is 0.105. The van der Waals surface area contributed by atoms with E-state index in [9.17, 15) is 8.78 Å². The summed E-state index contributed by atoms with van der Waals surface area (Å²) in [4.78, 5) is 16.1. The first-order valence-corrected chi connectivity index (χ1v) is 8.18. The number of halogens is 2. The van der Waals surface area contributed by atoms with Crippen LogP contribution in [0.1, 0.15) is 0 Å². The molecule has 0 saturated carbocycles. The van der Waals surface area contributed by atoms with Gasteiger partial charge in [-0.2, -0.15) is 0 Å². The lowest BCUT2D eigenvalue weighted by atomic mass is 10.0. The molecular formula is C19H15F2N5O. The Hall–Kier alpha value is -3.55. The van der Waals surface area contributed by atoms with Crippen molar-refractivity contribution in [2.75, 3.05) is 12.3 Å². The number of H-pyrrole nitrogens is 1. The fourth-order valence-electron chi connectivity index (χ4n) is 2.91. The van der Waals surface area contributed by atoms with Crippen LogP contribution in [0.4, 0.5) is 14.6 Å². The number of nitrogen functional groups attached to an aromatic ring is 1. The Bertz CT molecular complexity index is 1080. The summed E-state index contributed by atoms with van der Waals surface area (Å²) in [6.07, 6.45) is 2.22. The SMILES string of the molecule is Nc1cc(-c2[nH]c3c(OCC(F)F)ccnc3c2-c2ccccn2)ccn1. The van der Waals surface area contributed by atoms with E-state index >= 15 is 0 Å². The minimum Gasteiger partial charge on any atom is -0.485 e. The maximum Gasteiger partial charge on any atom is 0.272 e. The first-order chi connectivity index (χ1) is 13.1. The molecule has 6 nitrogen and oxygen atoms in total. The number of anilines is 1. The second-order valence-electron chi connectivity index (χ2n) is 5.79. The number of fused-ring (bicyclic) bond motifs is 1. The predicted octanol–water partition coefficient (Wildman–Crippen LogP) is 3.91. The van der Waals surface area contributed by atoms with Crippen molar-refractivity contribution in [3.63, 3.8) is 0 Å². The van der Waals surface area contributed by atoms with Crippen LogP contribution in [0.15, 0.2) is 55.0 Å². The summed E-state index contributed by atoms with van der Waals surface area (Å²) in [5.74, 6) is 0.658. The van der Waals surface area contributed by atoms with Crippen LogP contribution in [-0.2, 0) is 0 Å². The average Bonchev–Trinajstić information content (AvgIpc) is 3.07. The van der Waals surface area contributed by atoms with Gasteiger partial charge in [0, 0.05) is 30.2 Å². The van der Waals surface area contributed by atoms with Crippen molar-refractivity contribution in [1.29, 1.82) is 0 Å². The van der Waals surface area contributed by atoms with Gasteiger partial charge in [0.05, 0.1) is 17.0 Å². The molecule has 3 N–H and O–H groups in total. The van der Waals surface area contributed by atoms with Crippen LogP contribution in [0.25, 0.3) is 33.5 Å². The molecule has 4 aromatic heterocycles. The van der Waals surface area contributed by atoms with Gasteiger partial charge in [-0.3, -0.25) is 9.97 Å². The van der Waals surface area contributed by atoms with Gasteiger partial charge in [0.15, 0.2) is 0 Å². The number of rotatable bonds is 5. The normalized spacial score (nSPS) is 11.2. The van der Waals surface area contributed by atoms with Gasteiger partial charge in [0.25, 0.3) is 6.43 Å². The third-order valence-electron chi connectivity index (χ3n) is 4.01. The maximum absolute atomic E-state index is 12.6. The van der Waals surface area contributed by atoms with Crippen molar-refractivity contribution in [1.82, 2.24) is 19.9 Å². The van der Waals surface area contributed by atoms with Crippen LogP contribution in [-0.4, -0.2) is 33.0 Å². The lowest BCUT2D eigenvalue weighted by molar-refractivity contribution is 0.0825. The van der Waals surface area contributed by atoms with Crippen molar-refractivity contribution in [2.45, 2.75) is 6.43 Å². The Labute approximate surface area is 153 Å². The van der Waals surface area contributed by atoms with E-state index in [0.717, 1.165) is 11.1 Å². The lowest BCUT2D eigenvalue weighted by Crippen LogP contribution is -2.07. The van der Waals surface area contributed by atoms with E-state index in [2.05, 4.69) is 19.9 Å². The molecule has 4 heterocycles. The zero-order valence-corrected chi connectivity index (χ0v) is 14.1. The average molecular weight is 367 g/mol. The summed E-state index contributed by atoms with van der Waals surface area (Å²) >= 11 is 0. The number of aromatic amines is 1. The number of nitrogens with one attached hydrogen (secondary N) is 1. The lowest BCUT2D eigenvalue weighted by Gasteiger charge is -2.06. The number of pyridine rings is 3. The molecule has 0 aliphatic carbocycles. The number of nitrogens with zero attached hydrogens (tertiary/aromatic N) is 3. The van der Waals surface area contributed by atoms with Gasteiger partial charge < -0.3 is 15.5 Å². The molecule has 0 fully saturated rings. The molecule has 0 spiro atoms. The van der Waals surface area contributed by atoms with Gasteiger partial charge in [-0.25, -0.2) is 13.8 Å². The van der Waals surface area contributed by atoms with Gasteiger partial charge in [-0.1, -0.05) is 6.07 Å². The summed E-state index contributed by atoms with van der Waals surface area (Å²) < 4.78 is 30.5. The third kappa shape index (κ3) is 3.29. The Morgan fingerprint density at radius 1 is 1.04 bits per heavy atom. The van der Waals surface area contributed by atoms with E-state index in [-0.39, 0.29) is 0 Å². The molecule has 4 rings (SSSR count). The van der Waals surface area contributed by atoms with Crippen LogP contribution in [0.3, 0.4) is 0 Å². The summed E-state index contributed by atoms with van der Waals surface area (Å²) in [5.41, 5.74) is 9.83. The number of nitrogens with two attached hydrogens (primary N) is 1. The molecule has 0 aliphatic rings. The molecule has 8 heteroatoms. The van der Waals surface area contributed by atoms with E-state index in [1.165, 1.54) is 6.20 Å². The summed E-state index contributed by atoms with van der Waals surface area (Å²) in [6.45, 7) is -0.700. The highest BCUT2D eigenvalue weighted by atomic mass is 19.3. The number of ether oxygens (including phenoxy) is 1. The predicted molar refractivity (Wildman–Crippen MR) is 98.5 cm³/mol. The number of aromatic nitrogens is 4. The molecule has 0 amide bonds. The highest BCUT2D eigenvalue weighted by Gasteiger charge is 2.20. The second-order valence-corrected chi connectivity index (χ2v) is 5.79. The van der Waals surface area contributed by atoms with Crippen LogP contribution >= 0.6 is 0 Å². The largest absolute Gasteiger partial charge is 0.485 e. The number of hydrogen-bond acceptors (Lipinski definition) is 5. The third-order valence-corrected chi connectivity index (χ3v) is 4.01.